The van der Waals surface area contributed by atoms with Gasteiger partial charge in [0, 0.05) is 0 Å². The topological polar surface area (TPSA) is 157 Å². The third kappa shape index (κ3) is 3.93. The molecule has 1 aliphatic carbocycles. The second kappa shape index (κ2) is 8.03. The number of aliphatic hydroxyl groups is 6. The largest absolute Gasteiger partial charge is 0.508 e. The van der Waals surface area contributed by atoms with Crippen molar-refractivity contribution in [1.29, 1.82) is 0 Å². The molecule has 2 unspecified atom stereocenters. The monoisotopic (exact) mass is 374 g/mol. The summed E-state index contributed by atoms with van der Waals surface area (Å²) >= 11 is 0. The van der Waals surface area contributed by atoms with Gasteiger partial charge in [0.1, 0.15) is 47.8 Å². The second-order valence-corrected chi connectivity index (χ2v) is 7.06. The molecule has 0 aromatic carbocycles. The molecule has 0 radical (unpaired) electrons. The Kier molecular flexibility index (Phi) is 6.43. The normalized spacial score (nSPS) is 40.4. The lowest BCUT2D eigenvalue weighted by Crippen LogP contribution is -2.67. The number of allylic oxidation sites excluding steroid dienone is 1. The predicted octanol–water partition coefficient (Wildman–Crippen LogP) is -1.61. The molecule has 1 saturated heterocycles. The van der Waals surface area contributed by atoms with Crippen molar-refractivity contribution in [2.24, 2.45) is 11.8 Å². The minimum atomic E-state index is -2.17. The first-order valence-electron chi connectivity index (χ1n) is 8.41. The van der Waals surface area contributed by atoms with Crippen LogP contribution in [0.15, 0.2) is 24.0 Å². The molecule has 0 aromatic rings. The summed E-state index contributed by atoms with van der Waals surface area (Å²) in [5.74, 6) is -2.52. The van der Waals surface area contributed by atoms with Gasteiger partial charge in [-0.05, 0) is 24.1 Å². The molecular weight excluding hydrogens is 348 g/mol. The Morgan fingerprint density at radius 3 is 2.50 bits per heavy atom. The van der Waals surface area contributed by atoms with E-state index in [1.807, 2.05) is 13.8 Å². The molecule has 6 N–H and O–H groups in total. The number of rotatable bonds is 5. The van der Waals surface area contributed by atoms with Gasteiger partial charge in [-0.3, -0.25) is 4.79 Å². The van der Waals surface area contributed by atoms with Crippen LogP contribution in [0.3, 0.4) is 0 Å². The van der Waals surface area contributed by atoms with Crippen LogP contribution in [0.1, 0.15) is 13.8 Å². The van der Waals surface area contributed by atoms with Crippen LogP contribution in [0, 0.1) is 11.8 Å². The summed E-state index contributed by atoms with van der Waals surface area (Å²) in [6, 6.07) is 0. The van der Waals surface area contributed by atoms with Crippen molar-refractivity contribution in [2.45, 2.75) is 50.0 Å². The highest BCUT2D eigenvalue weighted by molar-refractivity contribution is 5.77. The highest BCUT2D eigenvalue weighted by atomic mass is 16.6. The summed E-state index contributed by atoms with van der Waals surface area (Å²) in [4.78, 5) is 12.4. The van der Waals surface area contributed by atoms with E-state index in [1.165, 1.54) is 0 Å². The first-order chi connectivity index (χ1) is 12.1. The molecule has 26 heavy (non-hydrogen) atoms. The van der Waals surface area contributed by atoms with Crippen molar-refractivity contribution in [1.82, 2.24) is 0 Å². The van der Waals surface area contributed by atoms with Gasteiger partial charge < -0.3 is 40.1 Å². The summed E-state index contributed by atoms with van der Waals surface area (Å²) in [5, 5.41) is 60.2. The summed E-state index contributed by atoms with van der Waals surface area (Å²) in [7, 11) is 0. The molecule has 0 bridgehead atoms. The fourth-order valence-electron chi connectivity index (χ4n) is 3.03. The zero-order valence-corrected chi connectivity index (χ0v) is 14.6. The number of ether oxygens (including phenoxy) is 2. The Hall–Kier alpha value is -1.49. The molecule has 2 aliphatic rings. The van der Waals surface area contributed by atoms with Crippen molar-refractivity contribution < 1.29 is 44.9 Å². The van der Waals surface area contributed by atoms with Crippen LogP contribution in [-0.4, -0.2) is 85.9 Å². The van der Waals surface area contributed by atoms with E-state index in [0.717, 1.165) is 18.2 Å². The predicted molar refractivity (Wildman–Crippen MR) is 87.9 cm³/mol. The van der Waals surface area contributed by atoms with E-state index in [4.69, 9.17) is 9.47 Å². The molecule has 2 rings (SSSR count). The zero-order chi connectivity index (χ0) is 19.6. The molecular formula is C17H26O9. The average molecular weight is 374 g/mol. The summed E-state index contributed by atoms with van der Waals surface area (Å²) in [6.07, 6.45) is -4.63. The Morgan fingerprint density at radius 1 is 1.27 bits per heavy atom. The molecule has 0 amide bonds. The molecule has 7 atom stereocenters. The van der Waals surface area contributed by atoms with Crippen LogP contribution in [0.5, 0.6) is 0 Å². The molecule has 1 aliphatic heterocycles. The molecule has 9 nitrogen and oxygen atoms in total. The molecule has 0 saturated carbocycles. The van der Waals surface area contributed by atoms with Crippen LogP contribution in [0.25, 0.3) is 0 Å². The Morgan fingerprint density at radius 2 is 1.92 bits per heavy atom. The summed E-state index contributed by atoms with van der Waals surface area (Å²) < 4.78 is 10.5. The van der Waals surface area contributed by atoms with E-state index in [9.17, 15) is 35.4 Å². The highest BCUT2D eigenvalue weighted by Gasteiger charge is 2.56. The molecule has 9 heteroatoms. The van der Waals surface area contributed by atoms with Gasteiger partial charge in [-0.2, -0.15) is 0 Å². The van der Waals surface area contributed by atoms with Crippen molar-refractivity contribution in [3.63, 3.8) is 0 Å². The number of carbonyl (C=O) groups is 1. The molecule has 0 aromatic heterocycles. The lowest BCUT2D eigenvalue weighted by atomic mass is 9.74. The average Bonchev–Trinajstić information content (AvgIpc) is 2.60. The Labute approximate surface area is 150 Å². The van der Waals surface area contributed by atoms with Gasteiger partial charge in [-0.25, -0.2) is 0 Å². The number of aliphatic hydroxyl groups excluding tert-OH is 5. The smallest absolute Gasteiger partial charge is 0.316 e. The first kappa shape index (κ1) is 20.8. The van der Waals surface area contributed by atoms with Crippen molar-refractivity contribution in [3.05, 3.63) is 24.0 Å². The van der Waals surface area contributed by atoms with E-state index in [1.54, 1.807) is 0 Å². The lowest BCUT2D eigenvalue weighted by Gasteiger charge is -2.47. The number of hydrogen-bond donors (Lipinski definition) is 6. The first-order valence-corrected chi connectivity index (χ1v) is 8.41. The zero-order valence-electron chi connectivity index (χ0n) is 14.6. The van der Waals surface area contributed by atoms with Gasteiger partial charge in [0.15, 0.2) is 0 Å². The van der Waals surface area contributed by atoms with Gasteiger partial charge in [-0.15, -0.1) is 0 Å². The van der Waals surface area contributed by atoms with Crippen LogP contribution < -0.4 is 0 Å². The molecule has 1 fully saturated rings. The number of esters is 1. The van der Waals surface area contributed by atoms with Crippen LogP contribution in [0.2, 0.25) is 0 Å². The van der Waals surface area contributed by atoms with E-state index < -0.39 is 54.6 Å². The second-order valence-electron chi connectivity index (χ2n) is 7.06. The summed E-state index contributed by atoms with van der Waals surface area (Å²) in [6.45, 7) is 3.06. The maximum absolute atomic E-state index is 12.4. The summed E-state index contributed by atoms with van der Waals surface area (Å²) in [5.41, 5.74) is -2.17. The minimum Gasteiger partial charge on any atom is -0.508 e. The number of hydrogen-bond acceptors (Lipinski definition) is 9. The van der Waals surface area contributed by atoms with Gasteiger partial charge in [0.05, 0.1) is 13.2 Å². The van der Waals surface area contributed by atoms with Crippen molar-refractivity contribution in [2.75, 3.05) is 13.2 Å². The Bertz CT molecular complexity index is 571. The highest BCUT2D eigenvalue weighted by Crippen LogP contribution is 2.38. The molecule has 0 spiro atoms. The third-order valence-corrected chi connectivity index (χ3v) is 4.52. The lowest BCUT2D eigenvalue weighted by molar-refractivity contribution is -0.267. The Balaban J connectivity index is 2.33. The fourth-order valence-corrected chi connectivity index (χ4v) is 3.03. The van der Waals surface area contributed by atoms with E-state index >= 15 is 0 Å². The van der Waals surface area contributed by atoms with Crippen molar-refractivity contribution in [3.8, 4) is 0 Å². The van der Waals surface area contributed by atoms with Crippen LogP contribution in [0.4, 0.5) is 0 Å². The van der Waals surface area contributed by atoms with Gasteiger partial charge in [0.2, 0.25) is 0 Å². The molecule has 1 heterocycles. The quantitative estimate of drug-likeness (QED) is 0.311. The van der Waals surface area contributed by atoms with E-state index in [-0.39, 0.29) is 18.3 Å². The van der Waals surface area contributed by atoms with Gasteiger partial charge in [-0.1, -0.05) is 13.8 Å². The third-order valence-electron chi connectivity index (χ3n) is 4.52. The van der Waals surface area contributed by atoms with Gasteiger partial charge >= 0.3 is 5.97 Å². The standard InChI is InChI=1S/C17H26O9/c1-8(2)7-25-16(23)10-5-9(19)3-4-17(10,24)15-14(22)13(21)12(20)11(6-18)26-15/h3-5,8,10-15,18-22,24H,6-7H2,1-2H3/t10?,11-,12-,13+,14-,15-,17?/m1/s1. The maximum Gasteiger partial charge on any atom is 0.316 e. The van der Waals surface area contributed by atoms with Crippen molar-refractivity contribution >= 4 is 5.97 Å². The SMILES string of the molecule is CC(C)COC(=O)C1C=C(O)C=CC1(O)[C@@H]1O[C@H](CO)[C@@H](O)[C@H](O)[C@H]1O. The number of carbonyl (C=O) groups excluding carboxylic acids is 1. The van der Waals surface area contributed by atoms with E-state index in [0.29, 0.717) is 0 Å². The van der Waals surface area contributed by atoms with Crippen LogP contribution in [-0.2, 0) is 14.3 Å². The van der Waals surface area contributed by atoms with Gasteiger partial charge in [0.25, 0.3) is 0 Å². The maximum atomic E-state index is 12.4. The van der Waals surface area contributed by atoms with Crippen LogP contribution >= 0.6 is 0 Å². The fraction of sp³-hybridized carbons (Fsp3) is 0.706. The minimum absolute atomic E-state index is 0.0380. The van der Waals surface area contributed by atoms with E-state index in [2.05, 4.69) is 0 Å². The molecule has 148 valence electrons.